The van der Waals surface area contributed by atoms with Crippen LogP contribution in [0.4, 0.5) is 10.1 Å². The van der Waals surface area contributed by atoms with E-state index in [4.69, 9.17) is 5.73 Å². The number of hydrogen-bond donors (Lipinski definition) is 1. The Morgan fingerprint density at radius 3 is 2.88 bits per heavy atom. The summed E-state index contributed by atoms with van der Waals surface area (Å²) in [6.45, 7) is 0. The van der Waals surface area contributed by atoms with Crippen LogP contribution in [-0.4, -0.2) is 5.78 Å². The Balaban J connectivity index is 2.24. The molecule has 0 radical (unpaired) electrons. The van der Waals surface area contributed by atoms with Crippen molar-refractivity contribution in [3.05, 3.63) is 52.0 Å². The Hall–Kier alpha value is -1.68. The molecule has 0 spiro atoms. The summed E-state index contributed by atoms with van der Waals surface area (Å²) in [5, 5.41) is 1.90. The molecule has 2 N–H and O–H groups in total. The van der Waals surface area contributed by atoms with Crippen molar-refractivity contribution in [1.82, 2.24) is 0 Å². The molecule has 2 aromatic rings. The molecule has 1 aromatic carbocycles. The second-order valence-electron chi connectivity index (χ2n) is 3.41. The molecule has 82 valence electrons. The van der Waals surface area contributed by atoms with Crippen molar-refractivity contribution in [3.8, 4) is 0 Å². The Labute approximate surface area is 96.5 Å². The van der Waals surface area contributed by atoms with Crippen molar-refractivity contribution in [2.45, 2.75) is 6.42 Å². The van der Waals surface area contributed by atoms with Crippen LogP contribution >= 0.6 is 11.3 Å². The quantitative estimate of drug-likeness (QED) is 0.656. The zero-order valence-corrected chi connectivity index (χ0v) is 9.26. The first-order valence-corrected chi connectivity index (χ1v) is 5.65. The number of hydrogen-bond acceptors (Lipinski definition) is 3. The number of benzene rings is 1. The smallest absolute Gasteiger partial charge is 0.170 e. The van der Waals surface area contributed by atoms with Gasteiger partial charge >= 0.3 is 0 Å². The second-order valence-corrected chi connectivity index (χ2v) is 4.44. The lowest BCUT2D eigenvalue weighted by molar-refractivity contribution is 0.0994. The highest BCUT2D eigenvalue weighted by atomic mass is 32.1. The number of nitrogen functional groups attached to an aromatic ring is 1. The first-order chi connectivity index (χ1) is 7.66. The van der Waals surface area contributed by atoms with Gasteiger partial charge in [0.1, 0.15) is 5.82 Å². The molecule has 0 aliphatic rings. The molecule has 1 aromatic heterocycles. The molecule has 0 aliphatic carbocycles. The third-order valence-corrected chi connectivity index (χ3v) is 3.11. The van der Waals surface area contributed by atoms with Crippen LogP contribution in [-0.2, 0) is 6.42 Å². The highest BCUT2D eigenvalue weighted by Gasteiger charge is 2.11. The van der Waals surface area contributed by atoms with Gasteiger partial charge in [0, 0.05) is 22.5 Å². The Bertz CT molecular complexity index is 508. The van der Waals surface area contributed by atoms with Crippen LogP contribution in [0.2, 0.25) is 0 Å². The fourth-order valence-corrected chi connectivity index (χ4v) is 2.14. The maximum atomic E-state index is 13.0. The van der Waals surface area contributed by atoms with Crippen molar-refractivity contribution in [1.29, 1.82) is 0 Å². The molecule has 16 heavy (non-hydrogen) atoms. The average Bonchev–Trinajstić information content (AvgIpc) is 2.74. The monoisotopic (exact) mass is 235 g/mol. The lowest BCUT2D eigenvalue weighted by Gasteiger charge is -2.03. The van der Waals surface area contributed by atoms with Gasteiger partial charge in [-0.05, 0) is 29.6 Å². The fraction of sp³-hybridized carbons (Fsp3) is 0.0833. The van der Waals surface area contributed by atoms with Gasteiger partial charge < -0.3 is 5.73 Å². The van der Waals surface area contributed by atoms with Gasteiger partial charge in [-0.15, -0.1) is 11.3 Å². The van der Waals surface area contributed by atoms with Gasteiger partial charge in [-0.3, -0.25) is 4.79 Å². The Morgan fingerprint density at radius 1 is 1.38 bits per heavy atom. The topological polar surface area (TPSA) is 43.1 Å². The summed E-state index contributed by atoms with van der Waals surface area (Å²) in [7, 11) is 0. The summed E-state index contributed by atoms with van der Waals surface area (Å²) in [5.41, 5.74) is 6.22. The van der Waals surface area contributed by atoms with E-state index in [1.54, 1.807) is 0 Å². The maximum Gasteiger partial charge on any atom is 0.170 e. The highest BCUT2D eigenvalue weighted by Crippen LogP contribution is 2.18. The number of carbonyl (C=O) groups is 1. The first kappa shape index (κ1) is 10.8. The van der Waals surface area contributed by atoms with E-state index in [9.17, 15) is 9.18 Å². The number of halogens is 1. The molecule has 0 aliphatic heterocycles. The van der Waals surface area contributed by atoms with Gasteiger partial charge in [0.25, 0.3) is 0 Å². The molecule has 0 saturated heterocycles. The maximum absolute atomic E-state index is 13.0. The number of anilines is 1. The van der Waals surface area contributed by atoms with Crippen LogP contribution in [0.25, 0.3) is 0 Å². The number of rotatable bonds is 3. The van der Waals surface area contributed by atoms with Crippen molar-refractivity contribution in [2.75, 3.05) is 5.73 Å². The third kappa shape index (κ3) is 2.28. The number of Topliss-reactive ketones (excluding diaryl/α,β-unsaturated/α-hetero) is 1. The third-order valence-electron chi connectivity index (χ3n) is 2.23. The molecular formula is C12H10FNOS. The molecule has 0 fully saturated rings. The molecule has 2 nitrogen and oxygen atoms in total. The molecule has 2 rings (SSSR count). The SMILES string of the molecule is Nc1ccc(F)cc1C(=O)Cc1cccs1. The summed E-state index contributed by atoms with van der Waals surface area (Å²) < 4.78 is 13.0. The molecule has 0 amide bonds. The van der Waals surface area contributed by atoms with Gasteiger partial charge in [0.05, 0.1) is 0 Å². The van der Waals surface area contributed by atoms with Gasteiger partial charge in [0.2, 0.25) is 0 Å². The van der Waals surface area contributed by atoms with Crippen molar-refractivity contribution in [2.24, 2.45) is 0 Å². The van der Waals surface area contributed by atoms with Crippen molar-refractivity contribution >= 4 is 22.8 Å². The van der Waals surface area contributed by atoms with Crippen molar-refractivity contribution < 1.29 is 9.18 Å². The molecule has 0 atom stereocenters. The molecule has 4 heteroatoms. The summed E-state index contributed by atoms with van der Waals surface area (Å²) in [5.74, 6) is -0.594. The molecule has 1 heterocycles. The van der Waals surface area contributed by atoms with Crippen LogP contribution in [0.1, 0.15) is 15.2 Å². The predicted molar refractivity (Wildman–Crippen MR) is 63.2 cm³/mol. The van der Waals surface area contributed by atoms with Crippen LogP contribution in [0, 0.1) is 5.82 Å². The molecular weight excluding hydrogens is 225 g/mol. The summed E-state index contributed by atoms with van der Waals surface area (Å²) >= 11 is 1.50. The van der Waals surface area contributed by atoms with Crippen LogP contribution in [0.3, 0.4) is 0 Å². The minimum atomic E-state index is -0.441. The highest BCUT2D eigenvalue weighted by molar-refractivity contribution is 7.10. The van der Waals surface area contributed by atoms with Gasteiger partial charge in [0.15, 0.2) is 5.78 Å². The zero-order valence-electron chi connectivity index (χ0n) is 8.44. The number of ketones is 1. The fourth-order valence-electron chi connectivity index (χ4n) is 1.44. The average molecular weight is 235 g/mol. The summed E-state index contributed by atoms with van der Waals surface area (Å²) in [6, 6.07) is 7.60. The Morgan fingerprint density at radius 2 is 2.19 bits per heavy atom. The van der Waals surface area contributed by atoms with E-state index < -0.39 is 5.82 Å². The Kier molecular flexibility index (Phi) is 3.01. The van der Waals surface area contributed by atoms with E-state index in [0.29, 0.717) is 5.69 Å². The van der Waals surface area contributed by atoms with Gasteiger partial charge in [-0.25, -0.2) is 4.39 Å². The van der Waals surface area contributed by atoms with Gasteiger partial charge in [-0.2, -0.15) is 0 Å². The predicted octanol–water partition coefficient (Wildman–Crippen LogP) is 2.89. The lowest BCUT2D eigenvalue weighted by Crippen LogP contribution is -2.06. The van der Waals surface area contributed by atoms with Gasteiger partial charge in [-0.1, -0.05) is 6.07 Å². The largest absolute Gasteiger partial charge is 0.398 e. The van der Waals surface area contributed by atoms with E-state index >= 15 is 0 Å². The van der Waals surface area contributed by atoms with E-state index in [1.807, 2.05) is 17.5 Å². The standard InChI is InChI=1S/C12H10FNOS/c13-8-3-4-11(14)10(6-8)12(15)7-9-2-1-5-16-9/h1-6H,7,14H2. The lowest BCUT2D eigenvalue weighted by atomic mass is 10.1. The number of thiophene rings is 1. The normalized spacial score (nSPS) is 10.3. The molecule has 0 unspecified atom stereocenters. The van der Waals surface area contributed by atoms with E-state index in [-0.39, 0.29) is 17.8 Å². The van der Waals surface area contributed by atoms with Crippen molar-refractivity contribution in [3.63, 3.8) is 0 Å². The summed E-state index contributed by atoms with van der Waals surface area (Å²) in [6.07, 6.45) is 0.269. The first-order valence-electron chi connectivity index (χ1n) is 4.77. The molecule has 0 bridgehead atoms. The minimum absolute atomic E-state index is 0.153. The van der Waals surface area contributed by atoms with Crippen LogP contribution < -0.4 is 5.73 Å². The van der Waals surface area contributed by atoms with E-state index in [2.05, 4.69) is 0 Å². The number of nitrogens with two attached hydrogens (primary N) is 1. The van der Waals surface area contributed by atoms with Crippen LogP contribution in [0.5, 0.6) is 0 Å². The zero-order chi connectivity index (χ0) is 11.5. The summed E-state index contributed by atoms with van der Waals surface area (Å²) in [4.78, 5) is 12.8. The minimum Gasteiger partial charge on any atom is -0.398 e. The van der Waals surface area contributed by atoms with E-state index in [0.717, 1.165) is 4.88 Å². The second kappa shape index (κ2) is 4.45. The number of carbonyl (C=O) groups excluding carboxylic acids is 1. The molecule has 0 saturated carbocycles. The van der Waals surface area contributed by atoms with Crippen LogP contribution in [0.15, 0.2) is 35.7 Å². The van der Waals surface area contributed by atoms with E-state index in [1.165, 1.54) is 29.5 Å².